The van der Waals surface area contributed by atoms with Crippen LogP contribution in [0.25, 0.3) is 5.70 Å². The summed E-state index contributed by atoms with van der Waals surface area (Å²) in [7, 11) is 0. The van der Waals surface area contributed by atoms with Crippen LogP contribution in [0.4, 0.5) is 0 Å². The van der Waals surface area contributed by atoms with Gasteiger partial charge >= 0.3 is 0 Å². The molecule has 1 rings (SSSR count). The number of nitrogens with zero attached hydrogens (tertiary/aromatic N) is 2. The minimum Gasteiger partial charge on any atom is -0.322 e. The van der Waals surface area contributed by atoms with Crippen molar-refractivity contribution in [2.45, 2.75) is 6.92 Å². The second-order valence-electron chi connectivity index (χ2n) is 3.15. The van der Waals surface area contributed by atoms with Crippen LogP contribution >= 0.6 is 27.5 Å². The van der Waals surface area contributed by atoms with Crippen molar-refractivity contribution in [3.05, 3.63) is 38.3 Å². The molecular formula is C11H8BrClN4. The first-order valence-electron chi connectivity index (χ1n) is 4.52. The van der Waals surface area contributed by atoms with Crippen molar-refractivity contribution in [1.82, 2.24) is 5.43 Å². The van der Waals surface area contributed by atoms with Gasteiger partial charge in [0.05, 0.1) is 10.7 Å². The summed E-state index contributed by atoms with van der Waals surface area (Å²) < 4.78 is 0.845. The zero-order valence-electron chi connectivity index (χ0n) is 8.88. The smallest absolute Gasteiger partial charge is 0.154 e. The first-order chi connectivity index (χ1) is 8.06. The number of hydrogen-bond acceptors (Lipinski definition) is 4. The standard InChI is InChI=1S/C11H8BrClN4/c1-6-9(12)3-2-8(10(6)13)11(17-16)7(4-14)5-15/h2-3,17H,16H2,1H3. The highest BCUT2D eigenvalue weighted by Crippen LogP contribution is 2.31. The molecule has 0 aliphatic heterocycles. The maximum Gasteiger partial charge on any atom is 0.154 e. The normalized spacial score (nSPS) is 9.06. The van der Waals surface area contributed by atoms with Crippen LogP contribution < -0.4 is 11.3 Å². The molecule has 0 unspecified atom stereocenters. The van der Waals surface area contributed by atoms with Crippen LogP contribution in [0.3, 0.4) is 0 Å². The molecule has 86 valence electrons. The van der Waals surface area contributed by atoms with Crippen molar-refractivity contribution in [1.29, 1.82) is 10.5 Å². The van der Waals surface area contributed by atoms with E-state index in [2.05, 4.69) is 21.4 Å². The lowest BCUT2D eigenvalue weighted by Crippen LogP contribution is -2.21. The Hall–Kier alpha value is -1.53. The Morgan fingerprint density at radius 2 is 2.00 bits per heavy atom. The van der Waals surface area contributed by atoms with Gasteiger partial charge in [0.1, 0.15) is 12.1 Å². The topological polar surface area (TPSA) is 85.6 Å². The van der Waals surface area contributed by atoms with E-state index in [-0.39, 0.29) is 11.3 Å². The highest BCUT2D eigenvalue weighted by atomic mass is 79.9. The van der Waals surface area contributed by atoms with E-state index in [1.807, 2.05) is 6.92 Å². The van der Waals surface area contributed by atoms with Gasteiger partial charge in [0.25, 0.3) is 0 Å². The Kier molecular flexibility index (Phi) is 4.53. The van der Waals surface area contributed by atoms with E-state index in [1.54, 1.807) is 24.3 Å². The van der Waals surface area contributed by atoms with E-state index in [9.17, 15) is 0 Å². The SMILES string of the molecule is Cc1c(Br)ccc(C(NN)=C(C#N)C#N)c1Cl. The monoisotopic (exact) mass is 310 g/mol. The summed E-state index contributed by atoms with van der Waals surface area (Å²) in [4.78, 5) is 0. The number of nitrogens with two attached hydrogens (primary N) is 1. The summed E-state index contributed by atoms with van der Waals surface area (Å²) in [6, 6.07) is 7.00. The molecule has 3 N–H and O–H groups in total. The zero-order valence-corrected chi connectivity index (χ0v) is 11.2. The molecule has 0 saturated heterocycles. The van der Waals surface area contributed by atoms with Gasteiger partial charge in [-0.25, -0.2) is 0 Å². The van der Waals surface area contributed by atoms with Crippen molar-refractivity contribution in [3.8, 4) is 12.1 Å². The molecule has 0 saturated carbocycles. The van der Waals surface area contributed by atoms with Crippen LogP contribution in [-0.2, 0) is 0 Å². The summed E-state index contributed by atoms with van der Waals surface area (Å²) >= 11 is 9.49. The second kappa shape index (κ2) is 5.70. The van der Waals surface area contributed by atoms with E-state index in [0.29, 0.717) is 10.6 Å². The van der Waals surface area contributed by atoms with Crippen LogP contribution in [0, 0.1) is 29.6 Å². The van der Waals surface area contributed by atoms with Crippen molar-refractivity contribution in [2.24, 2.45) is 5.84 Å². The van der Waals surface area contributed by atoms with E-state index in [1.165, 1.54) is 0 Å². The van der Waals surface area contributed by atoms with Crippen molar-refractivity contribution in [2.75, 3.05) is 0 Å². The molecular weight excluding hydrogens is 304 g/mol. The molecule has 0 spiro atoms. The zero-order chi connectivity index (χ0) is 13.0. The summed E-state index contributed by atoms with van der Waals surface area (Å²) in [5, 5.41) is 18.1. The second-order valence-corrected chi connectivity index (χ2v) is 4.38. The first-order valence-corrected chi connectivity index (χ1v) is 5.70. The molecule has 0 amide bonds. The number of allylic oxidation sites excluding steroid dienone is 1. The molecule has 0 heterocycles. The Labute approximate surface area is 112 Å². The molecule has 4 nitrogen and oxygen atoms in total. The lowest BCUT2D eigenvalue weighted by Gasteiger charge is -2.11. The van der Waals surface area contributed by atoms with Crippen LogP contribution in [0.1, 0.15) is 11.1 Å². The molecule has 17 heavy (non-hydrogen) atoms. The number of hydrogen-bond donors (Lipinski definition) is 2. The average molecular weight is 312 g/mol. The molecule has 0 bridgehead atoms. The molecule has 0 aliphatic carbocycles. The molecule has 1 aromatic carbocycles. The number of nitriles is 2. The predicted octanol–water partition coefficient (Wildman–Crippen LogP) is 2.63. The number of halogens is 2. The third-order valence-electron chi connectivity index (χ3n) is 2.21. The lowest BCUT2D eigenvalue weighted by atomic mass is 10.1. The van der Waals surface area contributed by atoms with Gasteiger partial charge in [-0.1, -0.05) is 33.6 Å². The summed E-state index contributed by atoms with van der Waals surface area (Å²) in [6.45, 7) is 1.82. The van der Waals surface area contributed by atoms with Gasteiger partial charge in [-0.15, -0.1) is 0 Å². The largest absolute Gasteiger partial charge is 0.322 e. The highest BCUT2D eigenvalue weighted by Gasteiger charge is 2.14. The Morgan fingerprint density at radius 1 is 1.41 bits per heavy atom. The van der Waals surface area contributed by atoms with Crippen LogP contribution in [0.2, 0.25) is 5.02 Å². The van der Waals surface area contributed by atoms with Crippen molar-refractivity contribution in [3.63, 3.8) is 0 Å². The first kappa shape index (κ1) is 13.5. The van der Waals surface area contributed by atoms with Gasteiger partial charge < -0.3 is 5.43 Å². The maximum atomic E-state index is 8.83. The van der Waals surface area contributed by atoms with Crippen LogP contribution in [-0.4, -0.2) is 0 Å². The minimum absolute atomic E-state index is 0.115. The van der Waals surface area contributed by atoms with E-state index >= 15 is 0 Å². The Balaban J connectivity index is 3.55. The number of benzene rings is 1. The molecule has 1 aromatic rings. The summed E-state index contributed by atoms with van der Waals surface area (Å²) in [6.07, 6.45) is 0. The molecule has 0 fully saturated rings. The average Bonchev–Trinajstić information content (AvgIpc) is 2.34. The molecule has 6 heteroatoms. The number of rotatable bonds is 2. The number of hydrazine groups is 1. The highest BCUT2D eigenvalue weighted by molar-refractivity contribution is 9.10. The fraction of sp³-hybridized carbons (Fsp3) is 0.0909. The van der Waals surface area contributed by atoms with Gasteiger partial charge in [0.2, 0.25) is 0 Å². The summed E-state index contributed by atoms with van der Waals surface area (Å²) in [5.74, 6) is 5.33. The number of nitrogens with one attached hydrogen (secondary N) is 1. The molecule has 0 aromatic heterocycles. The Morgan fingerprint density at radius 3 is 2.47 bits per heavy atom. The van der Waals surface area contributed by atoms with E-state index in [0.717, 1.165) is 10.0 Å². The third-order valence-corrected chi connectivity index (χ3v) is 3.55. The summed E-state index contributed by atoms with van der Waals surface area (Å²) in [5.41, 5.74) is 3.78. The molecule has 0 atom stereocenters. The van der Waals surface area contributed by atoms with Crippen LogP contribution in [0.15, 0.2) is 22.2 Å². The fourth-order valence-corrected chi connectivity index (χ4v) is 1.98. The quantitative estimate of drug-likeness (QED) is 0.499. The van der Waals surface area contributed by atoms with Gasteiger partial charge in [0.15, 0.2) is 5.57 Å². The fourth-order valence-electron chi connectivity index (χ4n) is 1.28. The molecule has 0 radical (unpaired) electrons. The van der Waals surface area contributed by atoms with E-state index in [4.69, 9.17) is 28.0 Å². The van der Waals surface area contributed by atoms with Gasteiger partial charge in [-0.05, 0) is 18.6 Å². The Bertz CT molecular complexity index is 550. The van der Waals surface area contributed by atoms with Crippen LogP contribution in [0.5, 0.6) is 0 Å². The maximum absolute atomic E-state index is 8.83. The minimum atomic E-state index is -0.115. The molecule has 0 aliphatic rings. The van der Waals surface area contributed by atoms with Crippen molar-refractivity contribution < 1.29 is 0 Å². The lowest BCUT2D eigenvalue weighted by molar-refractivity contribution is 0.986. The van der Waals surface area contributed by atoms with E-state index < -0.39 is 0 Å². The predicted molar refractivity (Wildman–Crippen MR) is 69.4 cm³/mol. The third kappa shape index (κ3) is 2.59. The van der Waals surface area contributed by atoms with Gasteiger partial charge in [-0.3, -0.25) is 5.84 Å². The van der Waals surface area contributed by atoms with Crippen molar-refractivity contribution >= 4 is 33.2 Å². The van der Waals surface area contributed by atoms with Gasteiger partial charge in [0, 0.05) is 10.0 Å². The van der Waals surface area contributed by atoms with Gasteiger partial charge in [-0.2, -0.15) is 10.5 Å².